The van der Waals surface area contributed by atoms with Crippen molar-refractivity contribution in [2.75, 3.05) is 39.3 Å². The first-order valence-electron chi connectivity index (χ1n) is 14.6. The van der Waals surface area contributed by atoms with Crippen LogP contribution in [0.25, 0.3) is 0 Å². The third-order valence-corrected chi connectivity index (χ3v) is 7.65. The van der Waals surface area contributed by atoms with E-state index < -0.39 is 18.1 Å². The first-order valence-corrected chi connectivity index (χ1v) is 16.6. The number of aliphatic imine (C=N–C) groups is 2. The van der Waals surface area contributed by atoms with Crippen LogP contribution in [0.3, 0.4) is 0 Å². The predicted octanol–water partition coefficient (Wildman–Crippen LogP) is 5.97. The van der Waals surface area contributed by atoms with Gasteiger partial charge in [0.15, 0.2) is 0 Å². The van der Waals surface area contributed by atoms with Crippen LogP contribution in [-0.2, 0) is 0 Å². The number of para-hydroxylation sites is 2. The predicted molar refractivity (Wildman–Crippen MR) is 176 cm³/mol. The third-order valence-electron chi connectivity index (χ3n) is 6.26. The molecule has 2 aromatic carbocycles. The molecule has 0 spiro atoms. The fourth-order valence-corrected chi connectivity index (χ4v) is 5.82. The Morgan fingerprint density at radius 2 is 1.12 bits per heavy atom. The molecule has 0 atom stereocenters. The summed E-state index contributed by atoms with van der Waals surface area (Å²) in [5, 5.41) is 7.16. The van der Waals surface area contributed by atoms with Crippen molar-refractivity contribution in [3.05, 3.63) is 47.5 Å². The van der Waals surface area contributed by atoms with E-state index in [1.807, 2.05) is 76.5 Å². The molecule has 0 saturated heterocycles. The molecule has 2 N–H and O–H groups in total. The van der Waals surface area contributed by atoms with E-state index in [1.165, 1.54) is 0 Å². The fourth-order valence-electron chi connectivity index (χ4n) is 4.26. The Labute approximate surface area is 262 Å². The molecular formula is C33H52GaN4O4. The van der Waals surface area contributed by atoms with Gasteiger partial charge < -0.3 is 0 Å². The number of hydrogen-bond acceptors (Lipinski definition) is 8. The summed E-state index contributed by atoms with van der Waals surface area (Å²) < 4.78 is 25.1. The van der Waals surface area contributed by atoms with Crippen molar-refractivity contribution < 1.29 is 16.5 Å². The first kappa shape index (κ1) is 35.7. The summed E-state index contributed by atoms with van der Waals surface area (Å²) in [4.78, 5) is 9.63. The molecule has 0 aliphatic carbocycles. The summed E-state index contributed by atoms with van der Waals surface area (Å²) in [6.07, 6.45) is 3.79. The molecule has 0 aromatic heterocycles. The van der Waals surface area contributed by atoms with Crippen LogP contribution >= 0.6 is 0 Å². The Bertz CT molecular complexity index is 1080. The second-order valence-corrected chi connectivity index (χ2v) is 14.0. The molecule has 2 aromatic rings. The molecule has 3 rings (SSSR count). The molecule has 1 aliphatic heterocycles. The SMILES string of the molecule is C.CC(C)Oc1cccc2c1[O][68Ga][O]c1c(cccc1OC(C)C)C=NCC(C)(C)CNCCNCC(C)(C)CN=C2. The Balaban J connectivity index is 0.00000616. The van der Waals surface area contributed by atoms with E-state index in [0.29, 0.717) is 36.1 Å². The zero-order valence-corrected chi connectivity index (χ0v) is 28.5. The summed E-state index contributed by atoms with van der Waals surface area (Å²) in [6, 6.07) is 11.8. The van der Waals surface area contributed by atoms with Crippen LogP contribution in [0.15, 0.2) is 46.4 Å². The van der Waals surface area contributed by atoms with E-state index in [-0.39, 0.29) is 30.5 Å². The van der Waals surface area contributed by atoms with Crippen LogP contribution in [0.2, 0.25) is 0 Å². The van der Waals surface area contributed by atoms with Crippen LogP contribution in [-0.4, -0.2) is 82.0 Å². The molecule has 0 fully saturated rings. The number of rotatable bonds is 4. The van der Waals surface area contributed by atoms with Gasteiger partial charge in [-0.25, -0.2) is 0 Å². The molecule has 8 nitrogen and oxygen atoms in total. The van der Waals surface area contributed by atoms with Crippen molar-refractivity contribution in [3.8, 4) is 23.0 Å². The number of fused-ring (bicyclic) bond motifs is 2. The third kappa shape index (κ3) is 12.0. The van der Waals surface area contributed by atoms with E-state index in [2.05, 4.69) is 38.3 Å². The summed E-state index contributed by atoms with van der Waals surface area (Å²) in [5.41, 5.74) is 1.76. The van der Waals surface area contributed by atoms with Gasteiger partial charge >= 0.3 is 256 Å². The molecular weight excluding hydrogens is 584 g/mol. The molecule has 1 radical (unpaired) electrons. The topological polar surface area (TPSA) is 85.7 Å². The van der Waals surface area contributed by atoms with Gasteiger partial charge in [0.25, 0.3) is 0 Å². The minimum absolute atomic E-state index is 0. The Hall–Kier alpha value is -2.46. The van der Waals surface area contributed by atoms with Gasteiger partial charge in [-0.2, -0.15) is 0 Å². The van der Waals surface area contributed by atoms with Gasteiger partial charge in [0.05, 0.1) is 0 Å². The van der Waals surface area contributed by atoms with Crippen molar-refractivity contribution in [1.29, 1.82) is 0 Å². The maximum absolute atomic E-state index is 6.42. The quantitative estimate of drug-likeness (QED) is 0.403. The van der Waals surface area contributed by atoms with E-state index in [9.17, 15) is 0 Å². The van der Waals surface area contributed by atoms with Gasteiger partial charge in [0, 0.05) is 0 Å². The number of nitrogens with zero attached hydrogens (tertiary/aromatic N) is 2. The van der Waals surface area contributed by atoms with Gasteiger partial charge in [-0.05, 0) is 0 Å². The van der Waals surface area contributed by atoms with E-state index in [0.717, 1.165) is 37.3 Å². The Kier molecular flexibility index (Phi) is 14.5. The molecule has 1 aliphatic rings. The van der Waals surface area contributed by atoms with Crippen LogP contribution in [0, 0.1) is 10.8 Å². The molecule has 0 amide bonds. The van der Waals surface area contributed by atoms with Crippen LogP contribution in [0.4, 0.5) is 0 Å². The summed E-state index contributed by atoms with van der Waals surface area (Å²) in [6.45, 7) is 21.9. The Morgan fingerprint density at radius 3 is 1.50 bits per heavy atom. The molecule has 42 heavy (non-hydrogen) atoms. The van der Waals surface area contributed by atoms with Crippen molar-refractivity contribution in [1.82, 2.24) is 10.6 Å². The van der Waals surface area contributed by atoms with Crippen LogP contribution < -0.4 is 27.2 Å². The number of hydrogen-bond donors (Lipinski definition) is 2. The molecule has 1 heterocycles. The maximum atomic E-state index is 6.42. The second kappa shape index (κ2) is 17.0. The van der Waals surface area contributed by atoms with Gasteiger partial charge in [0.2, 0.25) is 0 Å². The summed E-state index contributed by atoms with van der Waals surface area (Å²) in [7, 11) is 0. The van der Waals surface area contributed by atoms with Gasteiger partial charge in [-0.3, -0.25) is 0 Å². The second-order valence-electron chi connectivity index (χ2n) is 12.6. The molecule has 9 heteroatoms. The molecule has 231 valence electrons. The fraction of sp³-hybridized carbons (Fsp3) is 0.576. The van der Waals surface area contributed by atoms with Gasteiger partial charge in [-0.1, -0.05) is 7.43 Å². The van der Waals surface area contributed by atoms with E-state index >= 15 is 0 Å². The zero-order valence-electron chi connectivity index (χ0n) is 26.1. The number of ether oxygens (including phenoxy) is 2. The van der Waals surface area contributed by atoms with Crippen molar-refractivity contribution in [2.45, 2.75) is 75.0 Å². The van der Waals surface area contributed by atoms with Crippen LogP contribution in [0.5, 0.6) is 23.0 Å². The average molecular weight is 637 g/mol. The van der Waals surface area contributed by atoms with E-state index in [4.69, 9.17) is 26.5 Å². The zero-order chi connectivity index (χ0) is 29.9. The molecule has 0 unspecified atom stereocenters. The van der Waals surface area contributed by atoms with Gasteiger partial charge in [-0.15, -0.1) is 0 Å². The Morgan fingerprint density at radius 1 is 0.714 bits per heavy atom. The van der Waals surface area contributed by atoms with Crippen molar-refractivity contribution >= 4 is 30.6 Å². The molecule has 0 bridgehead atoms. The normalized spacial score (nSPS) is 17.8. The first-order chi connectivity index (χ1) is 19.5. The summed E-state index contributed by atoms with van der Waals surface area (Å²) >= 11 is -1.74. The van der Waals surface area contributed by atoms with Crippen molar-refractivity contribution in [2.24, 2.45) is 20.8 Å². The van der Waals surface area contributed by atoms with Crippen LogP contribution in [0.1, 0.15) is 73.9 Å². The van der Waals surface area contributed by atoms with Crippen molar-refractivity contribution in [3.63, 3.8) is 0 Å². The summed E-state index contributed by atoms with van der Waals surface area (Å²) in [5.74, 6) is 2.70. The number of benzene rings is 2. The molecule has 0 saturated carbocycles. The standard InChI is InChI=1S/C32H50N4O4.CH4.Ga/c1-23(2)39-27-13-9-11-25(29(27)37)17-35-21-31(5,6)19-33-15-16-34-20-32(7,8)22-36-18-26-12-10-14-28(30(26)38)40-24(3)4;;/h9-14,17-18,23-24,33-34,37-38H,15-16,19-22H2,1-8H3;1H4;/q;;+2/p-2/i;;1-2. The minimum atomic E-state index is -1.74. The number of nitrogens with one attached hydrogen (secondary N) is 2. The monoisotopic (exact) mass is 636 g/mol. The van der Waals surface area contributed by atoms with E-state index in [1.54, 1.807) is 0 Å². The van der Waals surface area contributed by atoms with Gasteiger partial charge in [0.1, 0.15) is 0 Å². The average Bonchev–Trinajstić information content (AvgIpc) is 2.87.